The highest BCUT2D eigenvalue weighted by molar-refractivity contribution is 7.07. The molecule has 2 rings (SSSR count). The summed E-state index contributed by atoms with van der Waals surface area (Å²) >= 11 is 1.53. The molecule has 0 spiro atoms. The summed E-state index contributed by atoms with van der Waals surface area (Å²) in [6.45, 7) is 0.311. The first-order valence-corrected chi connectivity index (χ1v) is 5.91. The molecule has 2 N–H and O–H groups in total. The second-order valence-electron chi connectivity index (χ2n) is 3.33. The standard InChI is InChI=1S/C11H10N4OS/c12-5-9-1-3-13-11(15-9)14-6-10(16)8-2-4-17-7-8/h1-4,7,10,16H,6H2,(H,13,14,15). The fourth-order valence-electron chi connectivity index (χ4n) is 1.28. The van der Waals surface area contributed by atoms with Crippen LogP contribution in [0.4, 0.5) is 5.95 Å². The Morgan fingerprint density at radius 2 is 2.41 bits per heavy atom. The fourth-order valence-corrected chi connectivity index (χ4v) is 1.98. The normalized spacial score (nSPS) is 11.8. The zero-order chi connectivity index (χ0) is 12.1. The lowest BCUT2D eigenvalue weighted by atomic mass is 10.2. The second kappa shape index (κ2) is 5.39. The number of nitrogens with zero attached hydrogens (tertiary/aromatic N) is 3. The molecule has 1 unspecified atom stereocenters. The smallest absolute Gasteiger partial charge is 0.223 e. The third kappa shape index (κ3) is 3.00. The molecule has 2 heterocycles. The number of thiophene rings is 1. The topological polar surface area (TPSA) is 81.8 Å². The largest absolute Gasteiger partial charge is 0.387 e. The molecule has 0 aliphatic carbocycles. The average molecular weight is 246 g/mol. The van der Waals surface area contributed by atoms with E-state index in [0.29, 0.717) is 18.2 Å². The van der Waals surface area contributed by atoms with Crippen molar-refractivity contribution in [3.05, 3.63) is 40.3 Å². The van der Waals surface area contributed by atoms with E-state index in [-0.39, 0.29) is 0 Å². The molecular formula is C11H10N4OS. The van der Waals surface area contributed by atoms with Gasteiger partial charge >= 0.3 is 0 Å². The third-order valence-corrected chi connectivity index (χ3v) is 2.85. The number of nitrogens with one attached hydrogen (secondary N) is 1. The molecule has 5 nitrogen and oxygen atoms in total. The number of nitriles is 1. The van der Waals surface area contributed by atoms with Gasteiger partial charge in [0, 0.05) is 12.7 Å². The molecule has 6 heteroatoms. The molecule has 86 valence electrons. The van der Waals surface area contributed by atoms with Crippen LogP contribution in [0.3, 0.4) is 0 Å². The number of rotatable bonds is 4. The van der Waals surface area contributed by atoms with Crippen LogP contribution in [0, 0.1) is 11.3 Å². The zero-order valence-electron chi connectivity index (χ0n) is 8.87. The van der Waals surface area contributed by atoms with Crippen molar-refractivity contribution >= 4 is 17.3 Å². The Balaban J connectivity index is 1.96. The summed E-state index contributed by atoms with van der Waals surface area (Å²) in [7, 11) is 0. The van der Waals surface area contributed by atoms with Crippen molar-refractivity contribution in [3.8, 4) is 6.07 Å². The maximum absolute atomic E-state index is 9.82. The molecule has 0 aromatic carbocycles. The van der Waals surface area contributed by atoms with Crippen LogP contribution in [0.5, 0.6) is 0 Å². The van der Waals surface area contributed by atoms with E-state index in [1.165, 1.54) is 23.6 Å². The molecular weight excluding hydrogens is 236 g/mol. The predicted molar refractivity (Wildman–Crippen MR) is 64.5 cm³/mol. The Hall–Kier alpha value is -1.97. The van der Waals surface area contributed by atoms with Crippen molar-refractivity contribution < 1.29 is 5.11 Å². The van der Waals surface area contributed by atoms with Crippen LogP contribution in [-0.2, 0) is 0 Å². The Labute approximate surface area is 102 Å². The van der Waals surface area contributed by atoms with Crippen molar-refractivity contribution in [2.75, 3.05) is 11.9 Å². The van der Waals surface area contributed by atoms with E-state index in [0.717, 1.165) is 5.56 Å². The molecule has 0 radical (unpaired) electrons. The summed E-state index contributed by atoms with van der Waals surface area (Å²) < 4.78 is 0. The minimum atomic E-state index is -0.601. The second-order valence-corrected chi connectivity index (χ2v) is 4.11. The molecule has 0 aliphatic rings. The van der Waals surface area contributed by atoms with E-state index < -0.39 is 6.10 Å². The number of aliphatic hydroxyl groups is 1. The van der Waals surface area contributed by atoms with Gasteiger partial charge in [0.25, 0.3) is 0 Å². The van der Waals surface area contributed by atoms with Crippen LogP contribution in [-0.4, -0.2) is 21.6 Å². The minimum absolute atomic E-state index is 0.299. The van der Waals surface area contributed by atoms with Gasteiger partial charge in [0.1, 0.15) is 11.8 Å². The van der Waals surface area contributed by atoms with Gasteiger partial charge in [0.15, 0.2) is 0 Å². The van der Waals surface area contributed by atoms with Crippen LogP contribution >= 0.6 is 11.3 Å². The quantitative estimate of drug-likeness (QED) is 0.855. The summed E-state index contributed by atoms with van der Waals surface area (Å²) in [5, 5.41) is 25.2. The third-order valence-electron chi connectivity index (χ3n) is 2.15. The molecule has 0 saturated carbocycles. The molecule has 0 fully saturated rings. The maximum Gasteiger partial charge on any atom is 0.223 e. The van der Waals surface area contributed by atoms with Gasteiger partial charge in [-0.2, -0.15) is 16.6 Å². The molecule has 2 aromatic heterocycles. The van der Waals surface area contributed by atoms with E-state index >= 15 is 0 Å². The SMILES string of the molecule is N#Cc1ccnc(NCC(O)c2ccsc2)n1. The summed E-state index contributed by atoms with van der Waals surface area (Å²) in [6.07, 6.45) is 0.904. The van der Waals surface area contributed by atoms with E-state index in [1.807, 2.05) is 22.9 Å². The number of anilines is 1. The van der Waals surface area contributed by atoms with Gasteiger partial charge in [-0.25, -0.2) is 9.97 Å². The Morgan fingerprint density at radius 1 is 1.53 bits per heavy atom. The van der Waals surface area contributed by atoms with E-state index in [2.05, 4.69) is 15.3 Å². The van der Waals surface area contributed by atoms with Crippen molar-refractivity contribution in [1.82, 2.24) is 9.97 Å². The molecule has 2 aromatic rings. The highest BCUT2D eigenvalue weighted by atomic mass is 32.1. The molecule has 17 heavy (non-hydrogen) atoms. The molecule has 0 amide bonds. The first kappa shape index (κ1) is 11.5. The van der Waals surface area contributed by atoms with E-state index in [1.54, 1.807) is 0 Å². The number of aromatic nitrogens is 2. The average Bonchev–Trinajstić information content (AvgIpc) is 2.90. The molecule has 0 aliphatic heterocycles. The summed E-state index contributed by atoms with van der Waals surface area (Å²) in [5.74, 6) is 0.346. The lowest BCUT2D eigenvalue weighted by Crippen LogP contribution is -2.13. The lowest BCUT2D eigenvalue weighted by molar-refractivity contribution is 0.192. The van der Waals surface area contributed by atoms with E-state index in [4.69, 9.17) is 5.26 Å². The summed E-state index contributed by atoms with van der Waals surface area (Å²) in [5.41, 5.74) is 1.16. The number of aliphatic hydroxyl groups excluding tert-OH is 1. The van der Waals surface area contributed by atoms with Crippen LogP contribution < -0.4 is 5.32 Å². The Bertz CT molecular complexity index is 521. The van der Waals surface area contributed by atoms with Crippen LogP contribution in [0.15, 0.2) is 29.1 Å². The highest BCUT2D eigenvalue weighted by Crippen LogP contribution is 2.16. The first-order chi connectivity index (χ1) is 8.29. The predicted octanol–water partition coefficient (Wildman–Crippen LogP) is 1.56. The summed E-state index contributed by atoms with van der Waals surface area (Å²) in [4.78, 5) is 7.91. The number of hydrogen-bond acceptors (Lipinski definition) is 6. The monoisotopic (exact) mass is 246 g/mol. The van der Waals surface area contributed by atoms with Gasteiger partial charge in [0.2, 0.25) is 5.95 Å². The van der Waals surface area contributed by atoms with Gasteiger partial charge in [0.05, 0.1) is 6.10 Å². The van der Waals surface area contributed by atoms with Gasteiger partial charge in [-0.15, -0.1) is 0 Å². The van der Waals surface area contributed by atoms with Crippen molar-refractivity contribution in [3.63, 3.8) is 0 Å². The summed E-state index contributed by atoms with van der Waals surface area (Å²) in [6, 6.07) is 5.32. The number of hydrogen-bond donors (Lipinski definition) is 2. The molecule has 0 saturated heterocycles. The van der Waals surface area contributed by atoms with Crippen molar-refractivity contribution in [2.45, 2.75) is 6.10 Å². The fraction of sp³-hybridized carbons (Fsp3) is 0.182. The molecule has 1 atom stereocenters. The van der Waals surface area contributed by atoms with Crippen LogP contribution in [0.25, 0.3) is 0 Å². The van der Waals surface area contributed by atoms with E-state index in [9.17, 15) is 5.11 Å². The van der Waals surface area contributed by atoms with Crippen LogP contribution in [0.2, 0.25) is 0 Å². The van der Waals surface area contributed by atoms with Gasteiger partial charge < -0.3 is 10.4 Å². The van der Waals surface area contributed by atoms with Crippen molar-refractivity contribution in [2.24, 2.45) is 0 Å². The highest BCUT2D eigenvalue weighted by Gasteiger charge is 2.08. The van der Waals surface area contributed by atoms with Gasteiger partial charge in [-0.1, -0.05) is 0 Å². The Morgan fingerprint density at radius 3 is 3.12 bits per heavy atom. The first-order valence-electron chi connectivity index (χ1n) is 4.97. The van der Waals surface area contributed by atoms with Gasteiger partial charge in [-0.05, 0) is 28.5 Å². The lowest BCUT2D eigenvalue weighted by Gasteiger charge is -2.09. The Kier molecular flexibility index (Phi) is 3.65. The van der Waals surface area contributed by atoms with Crippen molar-refractivity contribution in [1.29, 1.82) is 5.26 Å². The van der Waals surface area contributed by atoms with Gasteiger partial charge in [-0.3, -0.25) is 0 Å². The van der Waals surface area contributed by atoms with Crippen LogP contribution in [0.1, 0.15) is 17.4 Å². The maximum atomic E-state index is 9.82. The molecule has 0 bridgehead atoms. The minimum Gasteiger partial charge on any atom is -0.387 e. The zero-order valence-corrected chi connectivity index (χ0v) is 9.68.